The first-order chi connectivity index (χ1) is 17.4. The van der Waals surface area contributed by atoms with Crippen LogP contribution in [-0.2, 0) is 0 Å². The van der Waals surface area contributed by atoms with E-state index in [4.69, 9.17) is 0 Å². The Morgan fingerprint density at radius 2 is 1.11 bits per heavy atom. The van der Waals surface area contributed by atoms with Crippen LogP contribution in [0.2, 0.25) is 0 Å². The van der Waals surface area contributed by atoms with E-state index in [1.54, 1.807) is 0 Å². The predicted octanol–water partition coefficient (Wildman–Crippen LogP) is 12.2. The van der Waals surface area contributed by atoms with E-state index in [9.17, 15) is 0 Å². The molecule has 2 fully saturated rings. The lowest BCUT2D eigenvalue weighted by atomic mass is 9.60. The van der Waals surface area contributed by atoms with Gasteiger partial charge in [-0.15, -0.1) is 0 Å². The van der Waals surface area contributed by atoms with Gasteiger partial charge >= 0.3 is 0 Å². The Labute approximate surface area is 236 Å². The van der Waals surface area contributed by atoms with Crippen LogP contribution in [-0.4, -0.2) is 0 Å². The maximum Gasteiger partial charge on any atom is -0.0357 e. The lowest BCUT2D eigenvalue weighted by molar-refractivity contribution is 0.0445. The number of hydrogen-bond acceptors (Lipinski definition) is 0. The molecular formula is C37H72. The molecule has 2 aliphatic carbocycles. The highest BCUT2D eigenvalue weighted by Crippen LogP contribution is 2.48. The van der Waals surface area contributed by atoms with Gasteiger partial charge in [0.1, 0.15) is 0 Å². The molecule has 0 saturated heterocycles. The highest BCUT2D eigenvalue weighted by atomic mass is 14.4. The maximum absolute atomic E-state index is 2.73. The maximum atomic E-state index is 2.73. The molecule has 220 valence electrons. The Kier molecular flexibility index (Phi) is 14.1. The van der Waals surface area contributed by atoms with Crippen LogP contribution >= 0.6 is 0 Å². The minimum Gasteiger partial charge on any atom is -0.0654 e. The van der Waals surface area contributed by atoms with Crippen molar-refractivity contribution in [3.8, 4) is 0 Å². The summed E-state index contributed by atoms with van der Waals surface area (Å²) >= 11 is 0. The molecule has 37 heavy (non-hydrogen) atoms. The summed E-state index contributed by atoms with van der Waals surface area (Å²) in [6.07, 6.45) is 16.0. The van der Waals surface area contributed by atoms with Crippen LogP contribution in [0.4, 0.5) is 0 Å². The highest BCUT2D eigenvalue weighted by molar-refractivity contribution is 4.89. The molecule has 2 bridgehead atoms. The van der Waals surface area contributed by atoms with Crippen molar-refractivity contribution in [2.45, 2.75) is 154 Å². The van der Waals surface area contributed by atoms with Crippen LogP contribution in [0.25, 0.3) is 0 Å². The SMILES string of the molecule is CCCCCC1CC2C(C)CC(C(C)C)CCC(C(C)C)CC(CCC(C)C(C)C(C)C(C)C1C)C2C. The second-order valence-corrected chi connectivity index (χ2v) is 15.8. The summed E-state index contributed by atoms with van der Waals surface area (Å²) in [7, 11) is 0. The molecule has 0 heterocycles. The van der Waals surface area contributed by atoms with Crippen LogP contribution in [0.3, 0.4) is 0 Å². The average Bonchev–Trinajstić information content (AvgIpc) is 2.85. The van der Waals surface area contributed by atoms with Crippen molar-refractivity contribution >= 4 is 0 Å². The van der Waals surface area contributed by atoms with Crippen molar-refractivity contribution in [2.75, 3.05) is 0 Å². The third-order valence-corrected chi connectivity index (χ3v) is 13.1. The summed E-state index contributed by atoms with van der Waals surface area (Å²) in [6.45, 7) is 31.0. The molecule has 0 heteroatoms. The Morgan fingerprint density at radius 3 is 1.68 bits per heavy atom. The van der Waals surface area contributed by atoms with Gasteiger partial charge in [-0.25, -0.2) is 0 Å². The Hall–Kier alpha value is 0. The van der Waals surface area contributed by atoms with E-state index in [2.05, 4.69) is 83.1 Å². The Balaban J connectivity index is 2.51. The predicted molar refractivity (Wildman–Crippen MR) is 168 cm³/mol. The quantitative estimate of drug-likeness (QED) is 0.308. The summed E-state index contributed by atoms with van der Waals surface area (Å²) in [5.41, 5.74) is 0. The second kappa shape index (κ2) is 15.7. The topological polar surface area (TPSA) is 0 Å². The Bertz CT molecular complexity index is 603. The monoisotopic (exact) mass is 517 g/mol. The van der Waals surface area contributed by atoms with Crippen LogP contribution in [0.1, 0.15) is 154 Å². The van der Waals surface area contributed by atoms with Crippen LogP contribution in [0, 0.1) is 82.9 Å². The Morgan fingerprint density at radius 1 is 0.541 bits per heavy atom. The minimum atomic E-state index is 0.828. The van der Waals surface area contributed by atoms with Crippen LogP contribution in [0.15, 0.2) is 0 Å². The molecule has 0 nitrogen and oxygen atoms in total. The third-order valence-electron chi connectivity index (χ3n) is 13.1. The molecule has 0 amide bonds. The lowest BCUT2D eigenvalue weighted by Gasteiger charge is -2.45. The van der Waals surface area contributed by atoms with Gasteiger partial charge in [0, 0.05) is 0 Å². The van der Waals surface area contributed by atoms with Gasteiger partial charge in [-0.1, -0.05) is 115 Å². The van der Waals surface area contributed by atoms with Crippen LogP contribution < -0.4 is 0 Å². The van der Waals surface area contributed by atoms with Crippen molar-refractivity contribution < 1.29 is 0 Å². The zero-order valence-corrected chi connectivity index (χ0v) is 27.9. The first-order valence-corrected chi connectivity index (χ1v) is 17.4. The van der Waals surface area contributed by atoms with Gasteiger partial charge in [-0.3, -0.25) is 0 Å². The highest BCUT2D eigenvalue weighted by Gasteiger charge is 2.39. The molecule has 0 aromatic carbocycles. The van der Waals surface area contributed by atoms with Gasteiger partial charge in [0.05, 0.1) is 0 Å². The van der Waals surface area contributed by atoms with Gasteiger partial charge in [0.2, 0.25) is 0 Å². The van der Waals surface area contributed by atoms with E-state index < -0.39 is 0 Å². The molecule has 12 atom stereocenters. The third kappa shape index (κ3) is 9.27. The van der Waals surface area contributed by atoms with Crippen molar-refractivity contribution in [3.63, 3.8) is 0 Å². The van der Waals surface area contributed by atoms with E-state index >= 15 is 0 Å². The molecule has 2 aliphatic rings. The molecule has 2 saturated carbocycles. The van der Waals surface area contributed by atoms with Crippen molar-refractivity contribution in [1.82, 2.24) is 0 Å². The van der Waals surface area contributed by atoms with E-state index in [0.717, 1.165) is 82.9 Å². The molecule has 0 aromatic heterocycles. The largest absolute Gasteiger partial charge is 0.0654 e. The van der Waals surface area contributed by atoms with Gasteiger partial charge < -0.3 is 0 Å². The van der Waals surface area contributed by atoms with Gasteiger partial charge in [-0.2, -0.15) is 0 Å². The fourth-order valence-corrected chi connectivity index (χ4v) is 9.07. The van der Waals surface area contributed by atoms with Crippen molar-refractivity contribution in [1.29, 1.82) is 0 Å². The van der Waals surface area contributed by atoms with E-state index in [1.165, 1.54) is 70.6 Å². The number of fused-ring (bicyclic) bond motifs is 2. The molecular weight excluding hydrogens is 444 g/mol. The first-order valence-electron chi connectivity index (χ1n) is 17.4. The normalized spacial score (nSPS) is 43.3. The fraction of sp³-hybridized carbons (Fsp3) is 1.00. The standard InChI is InChI=1S/C37H72/c1-13-14-15-16-35-23-37-27(7)21-33(24(2)3)19-20-34(25(4)5)22-36(32(37)12)18-17-26(6)28(8)29(9)30(10)31(35)11/h24-37H,13-23H2,1-12H3. The molecule has 0 aliphatic heterocycles. The number of unbranched alkanes of at least 4 members (excludes halogenated alkanes) is 2. The molecule has 12 unspecified atom stereocenters. The smallest absolute Gasteiger partial charge is 0.0357 e. The molecule has 0 spiro atoms. The van der Waals surface area contributed by atoms with Gasteiger partial charge in [0.25, 0.3) is 0 Å². The number of hydrogen-bond donors (Lipinski definition) is 0. The fourth-order valence-electron chi connectivity index (χ4n) is 9.07. The van der Waals surface area contributed by atoms with Gasteiger partial charge in [-0.05, 0) is 121 Å². The molecule has 2 rings (SSSR count). The van der Waals surface area contributed by atoms with E-state index in [-0.39, 0.29) is 0 Å². The zero-order valence-electron chi connectivity index (χ0n) is 27.9. The van der Waals surface area contributed by atoms with Gasteiger partial charge in [0.15, 0.2) is 0 Å². The summed E-state index contributed by atoms with van der Waals surface area (Å²) in [5, 5.41) is 0. The molecule has 0 N–H and O–H groups in total. The summed E-state index contributed by atoms with van der Waals surface area (Å²) in [5.74, 6) is 12.2. The number of rotatable bonds is 6. The van der Waals surface area contributed by atoms with Crippen molar-refractivity contribution in [2.24, 2.45) is 82.9 Å². The summed E-state index contributed by atoms with van der Waals surface area (Å²) in [6, 6.07) is 0. The minimum absolute atomic E-state index is 0.828. The first kappa shape index (κ1) is 33.2. The van der Waals surface area contributed by atoms with E-state index in [0.29, 0.717) is 0 Å². The van der Waals surface area contributed by atoms with E-state index in [1.807, 2.05) is 0 Å². The molecule has 0 aromatic rings. The lowest BCUT2D eigenvalue weighted by Crippen LogP contribution is -2.37. The zero-order chi connectivity index (χ0) is 27.9. The summed E-state index contributed by atoms with van der Waals surface area (Å²) < 4.78 is 0. The second-order valence-electron chi connectivity index (χ2n) is 15.8. The van der Waals surface area contributed by atoms with Crippen molar-refractivity contribution in [3.05, 3.63) is 0 Å². The van der Waals surface area contributed by atoms with Crippen LogP contribution in [0.5, 0.6) is 0 Å². The molecule has 0 radical (unpaired) electrons. The average molecular weight is 517 g/mol. The summed E-state index contributed by atoms with van der Waals surface area (Å²) in [4.78, 5) is 0.